The van der Waals surface area contributed by atoms with Gasteiger partial charge in [-0.3, -0.25) is 4.98 Å². The molecule has 2 nitrogen and oxygen atoms in total. The Labute approximate surface area is 94.5 Å². The van der Waals surface area contributed by atoms with Crippen LogP contribution in [0.15, 0.2) is 18.5 Å². The lowest BCUT2D eigenvalue weighted by Gasteiger charge is -2.10. The van der Waals surface area contributed by atoms with Crippen molar-refractivity contribution >= 4 is 0 Å². The number of nitrogens with zero attached hydrogens (tertiary/aromatic N) is 1. The van der Waals surface area contributed by atoms with Gasteiger partial charge >= 0.3 is 0 Å². The van der Waals surface area contributed by atoms with Crippen molar-refractivity contribution in [2.45, 2.75) is 31.8 Å². The van der Waals surface area contributed by atoms with E-state index in [0.717, 1.165) is 0 Å². The van der Waals surface area contributed by atoms with E-state index in [4.69, 9.17) is 0 Å². The van der Waals surface area contributed by atoms with Crippen LogP contribution >= 0.6 is 0 Å². The summed E-state index contributed by atoms with van der Waals surface area (Å²) >= 11 is 0. The van der Waals surface area contributed by atoms with E-state index >= 15 is 0 Å². The van der Waals surface area contributed by atoms with Gasteiger partial charge in [0, 0.05) is 11.8 Å². The van der Waals surface area contributed by atoms with Crippen molar-refractivity contribution in [1.82, 2.24) is 4.98 Å². The Bertz CT molecular complexity index is 383. The molecule has 0 aliphatic heterocycles. The van der Waals surface area contributed by atoms with Crippen LogP contribution in [0, 0.1) is 23.6 Å². The number of hydrogen-bond donors (Lipinski definition) is 1. The van der Waals surface area contributed by atoms with Crippen LogP contribution in [0.2, 0.25) is 0 Å². The van der Waals surface area contributed by atoms with E-state index in [9.17, 15) is 9.50 Å². The number of aliphatic hydroxyl groups is 1. The fraction of sp³-hybridized carbons (Fsp3) is 0.615. The van der Waals surface area contributed by atoms with E-state index in [1.165, 1.54) is 37.9 Å². The van der Waals surface area contributed by atoms with E-state index in [1.807, 2.05) is 0 Å². The molecule has 1 aromatic rings. The van der Waals surface area contributed by atoms with Gasteiger partial charge in [0.05, 0.1) is 12.3 Å². The van der Waals surface area contributed by atoms with Crippen molar-refractivity contribution in [2.24, 2.45) is 17.8 Å². The molecule has 3 rings (SSSR count). The second-order valence-corrected chi connectivity index (χ2v) is 5.07. The van der Waals surface area contributed by atoms with E-state index in [1.54, 1.807) is 6.20 Å². The van der Waals surface area contributed by atoms with Crippen molar-refractivity contribution in [3.63, 3.8) is 0 Å². The fourth-order valence-corrected chi connectivity index (χ4v) is 3.33. The lowest BCUT2D eigenvalue weighted by atomic mass is 10.0. The lowest BCUT2D eigenvalue weighted by Crippen LogP contribution is -2.03. The Morgan fingerprint density at radius 2 is 1.94 bits per heavy atom. The normalized spacial score (nSPS) is 34.2. The van der Waals surface area contributed by atoms with Crippen LogP contribution in [0.4, 0.5) is 4.39 Å². The SMILES string of the molecule is OC(c1cncc(F)c1)C1C2CCCCC21. The molecule has 0 saturated heterocycles. The largest absolute Gasteiger partial charge is 0.388 e. The van der Waals surface area contributed by atoms with Crippen LogP contribution in [-0.4, -0.2) is 10.1 Å². The molecule has 0 radical (unpaired) electrons. The maximum absolute atomic E-state index is 13.0. The first-order chi connectivity index (χ1) is 7.77. The number of halogens is 1. The first-order valence-electron chi connectivity index (χ1n) is 6.06. The minimum absolute atomic E-state index is 0.353. The fourth-order valence-electron chi connectivity index (χ4n) is 3.33. The predicted molar refractivity (Wildman–Crippen MR) is 58.1 cm³/mol. The maximum atomic E-state index is 13.0. The standard InChI is InChI=1S/C13H16FNO/c14-9-5-8(6-15-7-9)13(16)12-10-3-1-2-4-11(10)12/h5-7,10-13,16H,1-4H2. The Morgan fingerprint density at radius 1 is 1.25 bits per heavy atom. The zero-order valence-corrected chi connectivity index (χ0v) is 9.14. The number of aromatic nitrogens is 1. The summed E-state index contributed by atoms with van der Waals surface area (Å²) in [6.07, 6.45) is 7.27. The average molecular weight is 221 g/mol. The zero-order chi connectivity index (χ0) is 11.1. The highest BCUT2D eigenvalue weighted by Crippen LogP contribution is 2.60. The first-order valence-corrected chi connectivity index (χ1v) is 6.06. The monoisotopic (exact) mass is 221 g/mol. The summed E-state index contributed by atoms with van der Waals surface area (Å²) in [4.78, 5) is 3.80. The molecule has 3 unspecified atom stereocenters. The number of hydrogen-bond acceptors (Lipinski definition) is 2. The molecule has 0 bridgehead atoms. The third kappa shape index (κ3) is 1.63. The molecule has 86 valence electrons. The van der Waals surface area contributed by atoms with Crippen LogP contribution in [0.5, 0.6) is 0 Å². The van der Waals surface area contributed by atoms with Gasteiger partial charge in [0.2, 0.25) is 0 Å². The predicted octanol–water partition coefficient (Wildman–Crippen LogP) is 2.69. The smallest absolute Gasteiger partial charge is 0.141 e. The number of fused-ring (bicyclic) bond motifs is 1. The second kappa shape index (κ2) is 3.81. The van der Waals surface area contributed by atoms with E-state index in [0.29, 0.717) is 23.3 Å². The summed E-state index contributed by atoms with van der Waals surface area (Å²) in [6, 6.07) is 1.40. The molecule has 2 aliphatic carbocycles. The molecule has 0 aromatic carbocycles. The van der Waals surface area contributed by atoms with Gasteiger partial charge in [0.15, 0.2) is 0 Å². The van der Waals surface area contributed by atoms with Gasteiger partial charge in [0.25, 0.3) is 0 Å². The number of rotatable bonds is 2. The molecule has 2 fully saturated rings. The third-order valence-corrected chi connectivity index (χ3v) is 4.15. The Balaban J connectivity index is 1.76. The average Bonchev–Trinajstić information content (AvgIpc) is 3.02. The van der Waals surface area contributed by atoms with Crippen molar-refractivity contribution in [3.8, 4) is 0 Å². The second-order valence-electron chi connectivity index (χ2n) is 5.07. The van der Waals surface area contributed by atoms with E-state index < -0.39 is 6.10 Å². The zero-order valence-electron chi connectivity index (χ0n) is 9.14. The topological polar surface area (TPSA) is 33.1 Å². The minimum atomic E-state index is -0.517. The molecule has 1 heterocycles. The quantitative estimate of drug-likeness (QED) is 0.833. The minimum Gasteiger partial charge on any atom is -0.388 e. The highest BCUT2D eigenvalue weighted by molar-refractivity contribution is 5.18. The van der Waals surface area contributed by atoms with Gasteiger partial charge < -0.3 is 5.11 Å². The molecule has 1 aromatic heterocycles. The molecular weight excluding hydrogens is 205 g/mol. The Kier molecular flexibility index (Phi) is 2.43. The number of pyridine rings is 1. The van der Waals surface area contributed by atoms with Crippen molar-refractivity contribution in [3.05, 3.63) is 29.8 Å². The van der Waals surface area contributed by atoms with Gasteiger partial charge in [-0.05, 0) is 36.7 Å². The molecule has 1 N–H and O–H groups in total. The van der Waals surface area contributed by atoms with Crippen molar-refractivity contribution in [2.75, 3.05) is 0 Å². The molecule has 3 heteroatoms. The van der Waals surface area contributed by atoms with Crippen LogP contribution in [0.3, 0.4) is 0 Å². The summed E-state index contributed by atoms with van der Waals surface area (Å²) in [5, 5.41) is 10.2. The summed E-state index contributed by atoms with van der Waals surface area (Å²) in [7, 11) is 0. The van der Waals surface area contributed by atoms with Crippen LogP contribution in [0.1, 0.15) is 37.4 Å². The Morgan fingerprint density at radius 3 is 2.56 bits per heavy atom. The molecule has 3 atom stereocenters. The Hall–Kier alpha value is -0.960. The van der Waals surface area contributed by atoms with Crippen LogP contribution < -0.4 is 0 Å². The highest BCUT2D eigenvalue weighted by Gasteiger charge is 2.54. The molecule has 2 aliphatic rings. The molecular formula is C13H16FNO. The summed E-state index contributed by atoms with van der Waals surface area (Å²) in [5.74, 6) is 1.34. The maximum Gasteiger partial charge on any atom is 0.141 e. The summed E-state index contributed by atoms with van der Waals surface area (Å²) in [6.45, 7) is 0. The van der Waals surface area contributed by atoms with Crippen LogP contribution in [0.25, 0.3) is 0 Å². The summed E-state index contributed by atoms with van der Waals surface area (Å²) in [5.41, 5.74) is 0.638. The molecule has 2 saturated carbocycles. The van der Waals surface area contributed by atoms with Gasteiger partial charge in [-0.15, -0.1) is 0 Å². The third-order valence-electron chi connectivity index (χ3n) is 4.15. The number of aliphatic hydroxyl groups excluding tert-OH is 1. The van der Waals surface area contributed by atoms with Gasteiger partial charge in [-0.1, -0.05) is 12.8 Å². The van der Waals surface area contributed by atoms with Crippen molar-refractivity contribution < 1.29 is 9.50 Å². The van der Waals surface area contributed by atoms with E-state index in [-0.39, 0.29) is 5.82 Å². The molecule has 0 spiro atoms. The first kappa shape index (κ1) is 10.2. The molecule has 16 heavy (non-hydrogen) atoms. The van der Waals surface area contributed by atoms with Crippen LogP contribution in [-0.2, 0) is 0 Å². The highest BCUT2D eigenvalue weighted by atomic mass is 19.1. The molecule has 0 amide bonds. The van der Waals surface area contributed by atoms with Gasteiger partial charge in [-0.2, -0.15) is 0 Å². The van der Waals surface area contributed by atoms with Crippen molar-refractivity contribution in [1.29, 1.82) is 0 Å². The lowest BCUT2D eigenvalue weighted by molar-refractivity contribution is 0.141. The van der Waals surface area contributed by atoms with E-state index in [2.05, 4.69) is 4.98 Å². The van der Waals surface area contributed by atoms with Gasteiger partial charge in [-0.25, -0.2) is 4.39 Å². The summed E-state index contributed by atoms with van der Waals surface area (Å²) < 4.78 is 13.0. The van der Waals surface area contributed by atoms with Gasteiger partial charge in [0.1, 0.15) is 5.82 Å².